The van der Waals surface area contributed by atoms with Crippen molar-refractivity contribution in [1.82, 2.24) is 4.90 Å². The normalized spacial score (nSPS) is 23.8. The van der Waals surface area contributed by atoms with E-state index in [1.165, 1.54) is 6.07 Å². The van der Waals surface area contributed by atoms with Gasteiger partial charge in [-0.2, -0.15) is 0 Å². The van der Waals surface area contributed by atoms with Crippen LogP contribution >= 0.6 is 0 Å². The summed E-state index contributed by atoms with van der Waals surface area (Å²) in [6, 6.07) is 2.87. The molecule has 2 unspecified atom stereocenters. The first-order valence-corrected chi connectivity index (χ1v) is 7.11. The van der Waals surface area contributed by atoms with E-state index in [9.17, 15) is 13.6 Å². The minimum absolute atomic E-state index is 0.0222. The number of rotatable bonds is 3. The lowest BCUT2D eigenvalue weighted by molar-refractivity contribution is -0.133. The number of morpholine rings is 1. The standard InChI is InChI=1S/C16H21F2NO2/c1-10-8-19(9-16(3,4)21-10)11(2)15(20)12-5-6-13(17)14(18)7-12/h5-7,10-11H,8-9H2,1-4H3. The van der Waals surface area contributed by atoms with Crippen molar-refractivity contribution >= 4 is 5.78 Å². The van der Waals surface area contributed by atoms with Crippen molar-refractivity contribution in [1.29, 1.82) is 0 Å². The van der Waals surface area contributed by atoms with Gasteiger partial charge in [-0.25, -0.2) is 8.78 Å². The smallest absolute Gasteiger partial charge is 0.179 e. The van der Waals surface area contributed by atoms with Gasteiger partial charge in [0.1, 0.15) is 0 Å². The highest BCUT2D eigenvalue weighted by Crippen LogP contribution is 2.23. The van der Waals surface area contributed by atoms with Gasteiger partial charge in [0.25, 0.3) is 0 Å². The number of carbonyl (C=O) groups excluding carboxylic acids is 1. The van der Waals surface area contributed by atoms with E-state index >= 15 is 0 Å². The highest BCUT2D eigenvalue weighted by atomic mass is 19.2. The maximum absolute atomic E-state index is 13.3. The Kier molecular flexibility index (Phi) is 4.44. The lowest BCUT2D eigenvalue weighted by atomic mass is 9.99. The Morgan fingerprint density at radius 2 is 2.05 bits per heavy atom. The molecule has 0 bridgehead atoms. The van der Waals surface area contributed by atoms with Crippen molar-refractivity contribution in [3.05, 3.63) is 35.4 Å². The van der Waals surface area contributed by atoms with Gasteiger partial charge < -0.3 is 4.74 Å². The van der Waals surface area contributed by atoms with E-state index in [0.717, 1.165) is 12.1 Å². The van der Waals surface area contributed by atoms with Gasteiger partial charge in [-0.15, -0.1) is 0 Å². The second kappa shape index (κ2) is 5.81. The number of halogens is 2. The summed E-state index contributed by atoms with van der Waals surface area (Å²) in [6.45, 7) is 8.96. The van der Waals surface area contributed by atoms with Crippen LogP contribution in [0.5, 0.6) is 0 Å². The molecule has 1 aromatic rings. The van der Waals surface area contributed by atoms with Gasteiger partial charge in [0.05, 0.1) is 17.7 Å². The number of nitrogens with zero attached hydrogens (tertiary/aromatic N) is 1. The van der Waals surface area contributed by atoms with Crippen LogP contribution in [0.2, 0.25) is 0 Å². The van der Waals surface area contributed by atoms with Crippen LogP contribution in [-0.4, -0.2) is 41.5 Å². The molecule has 0 spiro atoms. The van der Waals surface area contributed by atoms with Gasteiger partial charge in [-0.05, 0) is 45.9 Å². The predicted molar refractivity (Wildman–Crippen MR) is 76.3 cm³/mol. The highest BCUT2D eigenvalue weighted by Gasteiger charge is 2.35. The second-order valence-corrected chi connectivity index (χ2v) is 6.29. The van der Waals surface area contributed by atoms with Crippen molar-refractivity contribution in [3.8, 4) is 0 Å². The molecule has 1 aliphatic rings. The van der Waals surface area contributed by atoms with Crippen LogP contribution in [0.3, 0.4) is 0 Å². The lowest BCUT2D eigenvalue weighted by Gasteiger charge is -2.43. The van der Waals surface area contributed by atoms with E-state index in [0.29, 0.717) is 13.1 Å². The Morgan fingerprint density at radius 3 is 2.62 bits per heavy atom. The SMILES string of the molecule is CC1CN(C(C)C(=O)c2ccc(F)c(F)c2)CC(C)(C)O1. The van der Waals surface area contributed by atoms with E-state index in [2.05, 4.69) is 0 Å². The van der Waals surface area contributed by atoms with Crippen LogP contribution in [-0.2, 0) is 4.74 Å². The fourth-order valence-electron chi connectivity index (χ4n) is 2.85. The summed E-state index contributed by atoms with van der Waals surface area (Å²) in [5.74, 6) is -2.15. The maximum atomic E-state index is 13.3. The molecular formula is C16H21F2NO2. The topological polar surface area (TPSA) is 29.5 Å². The van der Waals surface area contributed by atoms with Crippen LogP contribution in [0.15, 0.2) is 18.2 Å². The molecular weight excluding hydrogens is 276 g/mol. The first kappa shape index (κ1) is 16.0. The number of hydrogen-bond donors (Lipinski definition) is 0. The van der Waals surface area contributed by atoms with Gasteiger partial charge in [0.15, 0.2) is 17.4 Å². The molecule has 116 valence electrons. The van der Waals surface area contributed by atoms with E-state index < -0.39 is 17.7 Å². The minimum atomic E-state index is -0.997. The molecule has 1 aromatic carbocycles. The molecule has 0 radical (unpaired) electrons. The quantitative estimate of drug-likeness (QED) is 0.803. The zero-order valence-corrected chi connectivity index (χ0v) is 12.8. The second-order valence-electron chi connectivity index (χ2n) is 6.29. The summed E-state index contributed by atoms with van der Waals surface area (Å²) < 4.78 is 32.0. The predicted octanol–water partition coefficient (Wildman–Crippen LogP) is 3.04. The molecule has 0 amide bonds. The summed E-state index contributed by atoms with van der Waals surface area (Å²) in [6.07, 6.45) is 0.0222. The van der Waals surface area contributed by atoms with Crippen LogP contribution < -0.4 is 0 Å². The lowest BCUT2D eigenvalue weighted by Crippen LogP contribution is -2.56. The van der Waals surface area contributed by atoms with Crippen LogP contribution in [0, 0.1) is 11.6 Å². The monoisotopic (exact) mass is 297 g/mol. The van der Waals surface area contributed by atoms with Crippen molar-refractivity contribution < 1.29 is 18.3 Å². The third kappa shape index (κ3) is 3.66. The van der Waals surface area contributed by atoms with E-state index in [1.54, 1.807) is 6.92 Å². The molecule has 1 aliphatic heterocycles. The van der Waals surface area contributed by atoms with Crippen molar-refractivity contribution in [2.75, 3.05) is 13.1 Å². The molecule has 21 heavy (non-hydrogen) atoms. The molecule has 2 rings (SSSR count). The first-order chi connectivity index (χ1) is 9.69. The summed E-state index contributed by atoms with van der Waals surface area (Å²) in [5, 5.41) is 0. The summed E-state index contributed by atoms with van der Waals surface area (Å²) in [5.41, 5.74) is -0.140. The average Bonchev–Trinajstić information content (AvgIpc) is 2.38. The number of ether oxygens (including phenoxy) is 1. The molecule has 5 heteroatoms. The fourth-order valence-corrected chi connectivity index (χ4v) is 2.85. The van der Waals surface area contributed by atoms with Crippen LogP contribution in [0.1, 0.15) is 38.1 Å². The van der Waals surface area contributed by atoms with Gasteiger partial charge in [0, 0.05) is 18.7 Å². The minimum Gasteiger partial charge on any atom is -0.370 e. The van der Waals surface area contributed by atoms with Crippen molar-refractivity contribution in [2.24, 2.45) is 0 Å². The third-order valence-electron chi connectivity index (χ3n) is 3.73. The van der Waals surface area contributed by atoms with Gasteiger partial charge in [-0.1, -0.05) is 0 Å². The molecule has 0 aromatic heterocycles. The van der Waals surface area contributed by atoms with Crippen molar-refractivity contribution in [3.63, 3.8) is 0 Å². The molecule has 0 saturated carbocycles. The Hall–Kier alpha value is -1.33. The molecule has 1 saturated heterocycles. The molecule has 1 fully saturated rings. The Bertz CT molecular complexity index is 545. The third-order valence-corrected chi connectivity index (χ3v) is 3.73. The Labute approximate surface area is 123 Å². The number of Topliss-reactive ketones (excluding diaryl/α,β-unsaturated/α-hetero) is 1. The van der Waals surface area contributed by atoms with E-state index in [-0.39, 0.29) is 23.1 Å². The fraction of sp³-hybridized carbons (Fsp3) is 0.562. The van der Waals surface area contributed by atoms with E-state index in [4.69, 9.17) is 4.74 Å². The maximum Gasteiger partial charge on any atom is 0.179 e. The number of hydrogen-bond acceptors (Lipinski definition) is 3. The largest absolute Gasteiger partial charge is 0.370 e. The summed E-state index contributed by atoms with van der Waals surface area (Å²) in [7, 11) is 0. The van der Waals surface area contributed by atoms with Gasteiger partial charge >= 0.3 is 0 Å². The number of ketones is 1. The van der Waals surface area contributed by atoms with Crippen molar-refractivity contribution in [2.45, 2.75) is 45.4 Å². The molecule has 0 aliphatic carbocycles. The highest BCUT2D eigenvalue weighted by molar-refractivity contribution is 5.99. The molecule has 0 N–H and O–H groups in total. The zero-order valence-electron chi connectivity index (χ0n) is 12.8. The molecule has 1 heterocycles. The molecule has 3 nitrogen and oxygen atoms in total. The Balaban J connectivity index is 2.16. The van der Waals surface area contributed by atoms with E-state index in [1.807, 2.05) is 25.7 Å². The van der Waals surface area contributed by atoms with Gasteiger partial charge in [-0.3, -0.25) is 9.69 Å². The molecule has 2 atom stereocenters. The van der Waals surface area contributed by atoms with Crippen LogP contribution in [0.4, 0.5) is 8.78 Å². The number of benzene rings is 1. The number of carbonyl (C=O) groups is 1. The van der Waals surface area contributed by atoms with Crippen LogP contribution in [0.25, 0.3) is 0 Å². The first-order valence-electron chi connectivity index (χ1n) is 7.11. The average molecular weight is 297 g/mol. The Morgan fingerprint density at radius 1 is 1.38 bits per heavy atom. The van der Waals surface area contributed by atoms with Gasteiger partial charge in [0.2, 0.25) is 0 Å². The summed E-state index contributed by atoms with van der Waals surface area (Å²) in [4.78, 5) is 14.5. The zero-order chi connectivity index (χ0) is 15.8. The summed E-state index contributed by atoms with van der Waals surface area (Å²) >= 11 is 0.